The maximum absolute atomic E-state index is 12.4. The molecule has 3 aromatic rings. The second-order valence-electron chi connectivity index (χ2n) is 4.84. The molecule has 1 heterocycles. The zero-order valence-corrected chi connectivity index (χ0v) is 11.1. The molecule has 0 saturated heterocycles. The van der Waals surface area contributed by atoms with Crippen LogP contribution >= 0.6 is 0 Å². The summed E-state index contributed by atoms with van der Waals surface area (Å²) < 4.78 is 0. The van der Waals surface area contributed by atoms with E-state index >= 15 is 0 Å². The van der Waals surface area contributed by atoms with Gasteiger partial charge in [-0.1, -0.05) is 17.7 Å². The van der Waals surface area contributed by atoms with Crippen molar-refractivity contribution in [2.24, 2.45) is 0 Å². The molecule has 0 amide bonds. The van der Waals surface area contributed by atoms with Crippen molar-refractivity contribution in [3.63, 3.8) is 0 Å². The van der Waals surface area contributed by atoms with Gasteiger partial charge in [-0.05, 0) is 49.4 Å². The topological polar surface area (TPSA) is 56.0 Å². The minimum absolute atomic E-state index is 0.0903. The molecule has 98 valence electrons. The van der Waals surface area contributed by atoms with Crippen LogP contribution in [0.2, 0.25) is 0 Å². The Morgan fingerprint density at radius 3 is 2.50 bits per heavy atom. The lowest BCUT2D eigenvalue weighted by Gasteiger charge is -2.04. The number of carbonyl (C=O) groups excluding carboxylic acids is 1. The molecule has 2 aromatic carbocycles. The first-order chi connectivity index (χ1) is 9.63. The Morgan fingerprint density at radius 1 is 1.00 bits per heavy atom. The van der Waals surface area contributed by atoms with Crippen LogP contribution in [-0.4, -0.2) is 10.8 Å². The predicted molar refractivity (Wildman–Crippen MR) is 80.8 cm³/mol. The number of nitrogen functional groups attached to an aromatic ring is 1. The van der Waals surface area contributed by atoms with Gasteiger partial charge in [0.2, 0.25) is 5.78 Å². The van der Waals surface area contributed by atoms with Crippen LogP contribution < -0.4 is 5.73 Å². The van der Waals surface area contributed by atoms with Gasteiger partial charge in [-0.3, -0.25) is 4.79 Å². The second kappa shape index (κ2) is 4.78. The standard InChI is InChI=1S/C17H14N2O/c1-11-2-8-15-13(10-11)5-9-16(19-15)17(20)12-3-6-14(18)7-4-12/h2-10H,18H2,1H3. The fourth-order valence-corrected chi connectivity index (χ4v) is 2.15. The zero-order chi connectivity index (χ0) is 14.1. The highest BCUT2D eigenvalue weighted by Gasteiger charge is 2.11. The first-order valence-electron chi connectivity index (χ1n) is 6.41. The maximum atomic E-state index is 12.4. The highest BCUT2D eigenvalue weighted by atomic mass is 16.1. The van der Waals surface area contributed by atoms with E-state index in [0.29, 0.717) is 16.9 Å². The fraction of sp³-hybridized carbons (Fsp3) is 0.0588. The SMILES string of the molecule is Cc1ccc2nc(C(=O)c3ccc(N)cc3)ccc2c1. The van der Waals surface area contributed by atoms with Gasteiger partial charge in [-0.15, -0.1) is 0 Å². The van der Waals surface area contributed by atoms with Gasteiger partial charge in [0, 0.05) is 16.6 Å². The predicted octanol–water partition coefficient (Wildman–Crippen LogP) is 3.36. The number of aryl methyl sites for hydroxylation is 1. The minimum Gasteiger partial charge on any atom is -0.399 e. The van der Waals surface area contributed by atoms with Gasteiger partial charge in [-0.25, -0.2) is 4.98 Å². The first kappa shape index (κ1) is 12.4. The monoisotopic (exact) mass is 262 g/mol. The number of anilines is 1. The van der Waals surface area contributed by atoms with E-state index in [4.69, 9.17) is 5.73 Å². The van der Waals surface area contributed by atoms with E-state index in [1.807, 2.05) is 25.1 Å². The summed E-state index contributed by atoms with van der Waals surface area (Å²) >= 11 is 0. The van der Waals surface area contributed by atoms with Crippen molar-refractivity contribution in [1.82, 2.24) is 4.98 Å². The number of fused-ring (bicyclic) bond motifs is 1. The van der Waals surface area contributed by atoms with E-state index in [1.165, 1.54) is 5.56 Å². The van der Waals surface area contributed by atoms with Gasteiger partial charge in [0.15, 0.2) is 0 Å². The van der Waals surface area contributed by atoms with Crippen molar-refractivity contribution in [2.75, 3.05) is 5.73 Å². The van der Waals surface area contributed by atoms with Crippen molar-refractivity contribution >= 4 is 22.4 Å². The number of aromatic nitrogens is 1. The number of rotatable bonds is 2. The summed E-state index contributed by atoms with van der Waals surface area (Å²) in [6.45, 7) is 2.03. The van der Waals surface area contributed by atoms with Crippen molar-refractivity contribution in [3.8, 4) is 0 Å². The zero-order valence-electron chi connectivity index (χ0n) is 11.1. The first-order valence-corrected chi connectivity index (χ1v) is 6.41. The quantitative estimate of drug-likeness (QED) is 0.569. The number of benzene rings is 2. The average molecular weight is 262 g/mol. The lowest BCUT2D eigenvalue weighted by Crippen LogP contribution is -2.04. The molecule has 20 heavy (non-hydrogen) atoms. The van der Waals surface area contributed by atoms with E-state index in [9.17, 15) is 4.79 Å². The molecule has 0 fully saturated rings. The van der Waals surface area contributed by atoms with Crippen LogP contribution in [0.5, 0.6) is 0 Å². The Kier molecular flexibility index (Phi) is 2.95. The van der Waals surface area contributed by atoms with Crippen molar-refractivity contribution in [3.05, 3.63) is 71.4 Å². The third kappa shape index (κ3) is 2.26. The van der Waals surface area contributed by atoms with E-state index in [-0.39, 0.29) is 5.78 Å². The van der Waals surface area contributed by atoms with Gasteiger partial charge in [0.1, 0.15) is 5.69 Å². The summed E-state index contributed by atoms with van der Waals surface area (Å²) in [6.07, 6.45) is 0. The van der Waals surface area contributed by atoms with E-state index in [1.54, 1.807) is 30.3 Å². The number of nitrogens with two attached hydrogens (primary N) is 1. The Hall–Kier alpha value is -2.68. The average Bonchev–Trinajstić information content (AvgIpc) is 2.47. The summed E-state index contributed by atoms with van der Waals surface area (Å²) in [6, 6.07) is 16.6. The van der Waals surface area contributed by atoms with Crippen molar-refractivity contribution in [2.45, 2.75) is 6.92 Å². The molecule has 0 aliphatic rings. The number of carbonyl (C=O) groups is 1. The summed E-state index contributed by atoms with van der Waals surface area (Å²) in [5.41, 5.74) is 9.32. The van der Waals surface area contributed by atoms with Gasteiger partial charge in [0.25, 0.3) is 0 Å². The number of hydrogen-bond donors (Lipinski definition) is 1. The molecule has 0 aliphatic heterocycles. The van der Waals surface area contributed by atoms with Crippen molar-refractivity contribution < 1.29 is 4.79 Å². The molecule has 1 aromatic heterocycles. The molecule has 3 rings (SSSR count). The summed E-state index contributed by atoms with van der Waals surface area (Å²) in [7, 11) is 0. The number of hydrogen-bond acceptors (Lipinski definition) is 3. The van der Waals surface area contributed by atoms with Crippen LogP contribution in [0.4, 0.5) is 5.69 Å². The van der Waals surface area contributed by atoms with Gasteiger partial charge in [0.05, 0.1) is 5.52 Å². The van der Waals surface area contributed by atoms with Gasteiger partial charge < -0.3 is 5.73 Å². The maximum Gasteiger partial charge on any atom is 0.211 e. The van der Waals surface area contributed by atoms with E-state index in [2.05, 4.69) is 11.1 Å². The van der Waals surface area contributed by atoms with Crippen LogP contribution in [0.3, 0.4) is 0 Å². The molecule has 0 spiro atoms. The van der Waals surface area contributed by atoms with Crippen LogP contribution in [0.15, 0.2) is 54.6 Å². The Bertz CT molecular complexity index is 792. The third-order valence-electron chi connectivity index (χ3n) is 3.25. The van der Waals surface area contributed by atoms with Gasteiger partial charge >= 0.3 is 0 Å². The molecule has 0 radical (unpaired) electrons. The molecule has 3 nitrogen and oxygen atoms in total. The van der Waals surface area contributed by atoms with E-state index in [0.717, 1.165) is 10.9 Å². The highest BCUT2D eigenvalue weighted by Crippen LogP contribution is 2.17. The second-order valence-corrected chi connectivity index (χ2v) is 4.84. The Balaban J connectivity index is 2.03. The normalized spacial score (nSPS) is 10.7. The number of pyridine rings is 1. The Labute approximate surface area is 117 Å². The smallest absolute Gasteiger partial charge is 0.211 e. The molecule has 0 saturated carbocycles. The number of ketones is 1. The fourth-order valence-electron chi connectivity index (χ4n) is 2.15. The molecule has 0 unspecified atom stereocenters. The largest absolute Gasteiger partial charge is 0.399 e. The molecule has 3 heteroatoms. The minimum atomic E-state index is -0.0903. The lowest BCUT2D eigenvalue weighted by molar-refractivity contribution is 0.103. The molecule has 2 N–H and O–H groups in total. The summed E-state index contributed by atoms with van der Waals surface area (Å²) in [5, 5.41) is 1.04. The Morgan fingerprint density at radius 2 is 1.75 bits per heavy atom. The van der Waals surface area contributed by atoms with Crippen LogP contribution in [0.25, 0.3) is 10.9 Å². The summed E-state index contributed by atoms with van der Waals surface area (Å²) in [5.74, 6) is -0.0903. The lowest BCUT2D eigenvalue weighted by atomic mass is 10.1. The number of nitrogens with zero attached hydrogens (tertiary/aromatic N) is 1. The molecule has 0 aliphatic carbocycles. The molecular weight excluding hydrogens is 248 g/mol. The van der Waals surface area contributed by atoms with Crippen LogP contribution in [-0.2, 0) is 0 Å². The van der Waals surface area contributed by atoms with E-state index < -0.39 is 0 Å². The molecule has 0 bridgehead atoms. The summed E-state index contributed by atoms with van der Waals surface area (Å²) in [4.78, 5) is 16.8. The molecular formula is C17H14N2O. The van der Waals surface area contributed by atoms with Crippen LogP contribution in [0.1, 0.15) is 21.6 Å². The highest BCUT2D eigenvalue weighted by molar-refractivity contribution is 6.08. The van der Waals surface area contributed by atoms with Gasteiger partial charge in [-0.2, -0.15) is 0 Å². The molecule has 0 atom stereocenters. The van der Waals surface area contributed by atoms with Crippen LogP contribution in [0, 0.1) is 6.92 Å². The third-order valence-corrected chi connectivity index (χ3v) is 3.25. The van der Waals surface area contributed by atoms with Crippen molar-refractivity contribution in [1.29, 1.82) is 0 Å².